The van der Waals surface area contributed by atoms with Gasteiger partial charge in [0, 0.05) is 18.7 Å². The van der Waals surface area contributed by atoms with Crippen molar-refractivity contribution in [3.8, 4) is 6.07 Å². The summed E-state index contributed by atoms with van der Waals surface area (Å²) in [5.74, 6) is -1.78. The molecule has 0 aromatic heterocycles. The van der Waals surface area contributed by atoms with Crippen molar-refractivity contribution in [3.05, 3.63) is 29.8 Å². The molecule has 5 nitrogen and oxygen atoms in total. The fourth-order valence-electron chi connectivity index (χ4n) is 1.84. The van der Waals surface area contributed by atoms with Gasteiger partial charge in [-0.3, -0.25) is 9.59 Å². The van der Waals surface area contributed by atoms with Crippen molar-refractivity contribution in [3.63, 3.8) is 0 Å². The Morgan fingerprint density at radius 2 is 2.06 bits per heavy atom. The van der Waals surface area contributed by atoms with Gasteiger partial charge in [0.2, 0.25) is 5.91 Å². The van der Waals surface area contributed by atoms with Gasteiger partial charge in [0.25, 0.3) is 0 Å². The van der Waals surface area contributed by atoms with Gasteiger partial charge in [-0.05, 0) is 24.3 Å². The third kappa shape index (κ3) is 2.11. The number of amides is 1. The molecule has 5 heteroatoms. The highest BCUT2D eigenvalue weighted by Gasteiger charge is 2.34. The van der Waals surface area contributed by atoms with Crippen LogP contribution in [-0.4, -0.2) is 23.5 Å². The molecule has 0 spiro atoms. The number of hydrogen-bond donors (Lipinski definition) is 1. The van der Waals surface area contributed by atoms with E-state index in [1.54, 1.807) is 24.3 Å². The highest BCUT2D eigenvalue weighted by atomic mass is 16.4. The first-order valence-corrected chi connectivity index (χ1v) is 5.15. The molecule has 1 atom stereocenters. The van der Waals surface area contributed by atoms with Crippen molar-refractivity contribution in [2.24, 2.45) is 5.92 Å². The number of carboxylic acids is 1. The van der Waals surface area contributed by atoms with Gasteiger partial charge >= 0.3 is 5.97 Å². The van der Waals surface area contributed by atoms with E-state index in [4.69, 9.17) is 10.4 Å². The fourth-order valence-corrected chi connectivity index (χ4v) is 1.84. The Morgan fingerprint density at radius 3 is 2.53 bits per heavy atom. The van der Waals surface area contributed by atoms with Crippen LogP contribution in [0.3, 0.4) is 0 Å². The number of nitriles is 1. The molecule has 0 unspecified atom stereocenters. The topological polar surface area (TPSA) is 81.4 Å². The third-order valence-corrected chi connectivity index (χ3v) is 2.78. The predicted octanol–water partition coefficient (Wildman–Crippen LogP) is 0.996. The predicted molar refractivity (Wildman–Crippen MR) is 59.3 cm³/mol. The van der Waals surface area contributed by atoms with Gasteiger partial charge in [-0.25, -0.2) is 0 Å². The third-order valence-electron chi connectivity index (χ3n) is 2.78. The minimum Gasteiger partial charge on any atom is -0.481 e. The summed E-state index contributed by atoms with van der Waals surface area (Å²) < 4.78 is 0. The molecular formula is C12H10N2O3. The van der Waals surface area contributed by atoms with Crippen molar-refractivity contribution in [1.29, 1.82) is 5.26 Å². The molecule has 1 heterocycles. The standard InChI is InChI=1S/C12H10N2O3/c13-6-8-1-3-10(4-2-8)14-7-9(12(16)17)5-11(14)15/h1-4,9H,5,7H2,(H,16,17)/t9-/m1/s1. The molecule has 1 amide bonds. The molecule has 1 aliphatic rings. The Morgan fingerprint density at radius 1 is 1.41 bits per heavy atom. The quantitative estimate of drug-likeness (QED) is 0.821. The number of anilines is 1. The Bertz CT molecular complexity index is 501. The first-order valence-electron chi connectivity index (χ1n) is 5.15. The highest BCUT2D eigenvalue weighted by molar-refractivity contribution is 5.99. The van der Waals surface area contributed by atoms with Crippen LogP contribution in [0.4, 0.5) is 5.69 Å². The maximum atomic E-state index is 11.6. The minimum atomic E-state index is -0.950. The van der Waals surface area contributed by atoms with Gasteiger partial charge in [-0.1, -0.05) is 0 Å². The Kier molecular flexibility index (Phi) is 2.79. The number of benzene rings is 1. The zero-order valence-corrected chi connectivity index (χ0v) is 8.96. The van der Waals surface area contributed by atoms with Crippen LogP contribution in [0, 0.1) is 17.2 Å². The summed E-state index contributed by atoms with van der Waals surface area (Å²) in [4.78, 5) is 23.9. The van der Waals surface area contributed by atoms with Crippen LogP contribution in [0.25, 0.3) is 0 Å². The number of aliphatic carboxylic acids is 1. The van der Waals surface area contributed by atoms with Crippen LogP contribution < -0.4 is 4.90 Å². The maximum Gasteiger partial charge on any atom is 0.308 e. The summed E-state index contributed by atoms with van der Waals surface area (Å²) in [5, 5.41) is 17.5. The van der Waals surface area contributed by atoms with Gasteiger partial charge < -0.3 is 10.0 Å². The van der Waals surface area contributed by atoms with Crippen molar-refractivity contribution in [1.82, 2.24) is 0 Å². The van der Waals surface area contributed by atoms with E-state index >= 15 is 0 Å². The second kappa shape index (κ2) is 4.26. The van der Waals surface area contributed by atoms with E-state index in [0.29, 0.717) is 11.3 Å². The lowest BCUT2D eigenvalue weighted by Gasteiger charge is -2.15. The molecule has 1 saturated heterocycles. The zero-order valence-electron chi connectivity index (χ0n) is 8.96. The molecular weight excluding hydrogens is 220 g/mol. The molecule has 1 fully saturated rings. The lowest BCUT2D eigenvalue weighted by Crippen LogP contribution is -2.25. The summed E-state index contributed by atoms with van der Waals surface area (Å²) in [6.45, 7) is 0.195. The summed E-state index contributed by atoms with van der Waals surface area (Å²) in [5.41, 5.74) is 1.15. The van der Waals surface area contributed by atoms with E-state index in [-0.39, 0.29) is 18.9 Å². The van der Waals surface area contributed by atoms with Crippen LogP contribution in [-0.2, 0) is 9.59 Å². The SMILES string of the molecule is N#Cc1ccc(N2C[C@H](C(=O)O)CC2=O)cc1. The molecule has 1 aromatic carbocycles. The van der Waals surface area contributed by atoms with Gasteiger partial charge in [0.1, 0.15) is 0 Å². The Hall–Kier alpha value is -2.35. The highest BCUT2D eigenvalue weighted by Crippen LogP contribution is 2.25. The molecule has 0 bridgehead atoms. The van der Waals surface area contributed by atoms with E-state index in [1.807, 2.05) is 6.07 Å². The molecule has 17 heavy (non-hydrogen) atoms. The van der Waals surface area contributed by atoms with Crippen LogP contribution in [0.15, 0.2) is 24.3 Å². The average molecular weight is 230 g/mol. The van der Waals surface area contributed by atoms with Gasteiger partial charge in [-0.15, -0.1) is 0 Å². The van der Waals surface area contributed by atoms with Gasteiger partial charge in [0.05, 0.1) is 17.6 Å². The number of carbonyl (C=O) groups excluding carboxylic acids is 1. The average Bonchev–Trinajstić information content (AvgIpc) is 2.72. The minimum absolute atomic E-state index is 0.0370. The van der Waals surface area contributed by atoms with Crippen molar-refractivity contribution < 1.29 is 14.7 Å². The summed E-state index contributed by atoms with van der Waals surface area (Å²) in [7, 11) is 0. The van der Waals surface area contributed by atoms with Gasteiger partial charge in [-0.2, -0.15) is 5.26 Å². The molecule has 2 rings (SSSR count). The lowest BCUT2D eigenvalue weighted by molar-refractivity contribution is -0.141. The molecule has 1 N–H and O–H groups in total. The normalized spacial score (nSPS) is 19.1. The molecule has 1 aromatic rings. The van der Waals surface area contributed by atoms with Crippen LogP contribution >= 0.6 is 0 Å². The van der Waals surface area contributed by atoms with E-state index in [1.165, 1.54) is 4.90 Å². The Balaban J connectivity index is 2.20. The van der Waals surface area contributed by atoms with E-state index in [9.17, 15) is 9.59 Å². The summed E-state index contributed by atoms with van der Waals surface area (Å²) >= 11 is 0. The molecule has 0 aliphatic carbocycles. The molecule has 86 valence electrons. The number of carboxylic acid groups (broad SMARTS) is 1. The van der Waals surface area contributed by atoms with Gasteiger partial charge in [0.15, 0.2) is 0 Å². The monoisotopic (exact) mass is 230 g/mol. The Labute approximate surface area is 97.9 Å². The van der Waals surface area contributed by atoms with Crippen LogP contribution in [0.2, 0.25) is 0 Å². The van der Waals surface area contributed by atoms with Crippen molar-refractivity contribution >= 4 is 17.6 Å². The van der Waals surface area contributed by atoms with Crippen LogP contribution in [0.5, 0.6) is 0 Å². The molecule has 0 saturated carbocycles. The summed E-state index contributed by atoms with van der Waals surface area (Å²) in [6.07, 6.45) is 0.0370. The first-order chi connectivity index (χ1) is 8.11. The van der Waals surface area contributed by atoms with E-state index in [2.05, 4.69) is 0 Å². The second-order valence-corrected chi connectivity index (χ2v) is 3.90. The summed E-state index contributed by atoms with van der Waals surface area (Å²) in [6, 6.07) is 8.51. The number of nitrogens with zero attached hydrogens (tertiary/aromatic N) is 2. The second-order valence-electron chi connectivity index (χ2n) is 3.90. The molecule has 0 radical (unpaired) electrons. The number of carbonyl (C=O) groups is 2. The smallest absolute Gasteiger partial charge is 0.308 e. The van der Waals surface area contributed by atoms with Crippen molar-refractivity contribution in [2.75, 3.05) is 11.4 Å². The largest absolute Gasteiger partial charge is 0.481 e. The van der Waals surface area contributed by atoms with E-state index in [0.717, 1.165) is 0 Å². The van der Waals surface area contributed by atoms with E-state index < -0.39 is 11.9 Å². The molecule has 1 aliphatic heterocycles. The zero-order chi connectivity index (χ0) is 12.4. The number of rotatable bonds is 2. The fraction of sp³-hybridized carbons (Fsp3) is 0.250. The van der Waals surface area contributed by atoms with Crippen LogP contribution in [0.1, 0.15) is 12.0 Å². The number of hydrogen-bond acceptors (Lipinski definition) is 3. The first kappa shape index (κ1) is 11.1. The lowest BCUT2D eigenvalue weighted by atomic mass is 10.1. The maximum absolute atomic E-state index is 11.6. The van der Waals surface area contributed by atoms with Crippen molar-refractivity contribution in [2.45, 2.75) is 6.42 Å².